The smallest absolute Gasteiger partial charge is 0.259 e. The Hall–Kier alpha value is -8.81. The molecule has 7 aromatic rings. The first-order valence-corrected chi connectivity index (χ1v) is 21.3. The average molecular weight is 903 g/mol. The third kappa shape index (κ3) is 9.26. The molecule has 11 rings (SSSR count). The van der Waals surface area contributed by atoms with Crippen LogP contribution in [0.25, 0.3) is 29.1 Å². The molecule has 4 aliphatic rings. The molecule has 2 aliphatic heterocycles. The van der Waals surface area contributed by atoms with Crippen molar-refractivity contribution in [2.75, 3.05) is 21.3 Å². The molecule has 0 bridgehead atoms. The third-order valence-electron chi connectivity index (χ3n) is 11.2. The number of allylic oxidation sites excluding steroid dienone is 2. The highest BCUT2D eigenvalue weighted by Crippen LogP contribution is 2.31. The second kappa shape index (κ2) is 17.3. The Morgan fingerprint density at radius 1 is 0.716 bits per heavy atom. The number of halogens is 2. The number of amides is 4. The summed E-state index contributed by atoms with van der Waals surface area (Å²) in [5, 5.41) is 26.5. The van der Waals surface area contributed by atoms with Crippen LogP contribution in [0.3, 0.4) is 0 Å². The summed E-state index contributed by atoms with van der Waals surface area (Å²) in [5.41, 5.74) is 6.08. The van der Waals surface area contributed by atoms with Crippen molar-refractivity contribution in [3.8, 4) is 5.69 Å². The first-order chi connectivity index (χ1) is 32.4. The van der Waals surface area contributed by atoms with Crippen LogP contribution in [0, 0.1) is 11.6 Å². The number of imidazole rings is 1. The van der Waals surface area contributed by atoms with Crippen molar-refractivity contribution in [1.29, 1.82) is 0 Å². The number of carbonyl (C=O) groups is 4. The van der Waals surface area contributed by atoms with E-state index in [1.807, 2.05) is 29.0 Å². The maximum atomic E-state index is 14.0. The van der Waals surface area contributed by atoms with E-state index in [2.05, 4.69) is 70.2 Å². The Balaban J connectivity index is 0.000000157. The lowest BCUT2D eigenvalue weighted by atomic mass is 10.1. The molecule has 0 atom stereocenters. The monoisotopic (exact) mass is 902 g/mol. The third-order valence-corrected chi connectivity index (χ3v) is 11.2. The zero-order valence-electron chi connectivity index (χ0n) is 35.5. The summed E-state index contributed by atoms with van der Waals surface area (Å²) in [6, 6.07) is 14.0. The summed E-state index contributed by atoms with van der Waals surface area (Å²) in [6.07, 6.45) is 16.8. The van der Waals surface area contributed by atoms with Gasteiger partial charge in [-0.15, -0.1) is 0 Å². The van der Waals surface area contributed by atoms with Crippen molar-refractivity contribution in [2.45, 2.75) is 50.6 Å². The number of carbonyl (C=O) groups excluding carboxylic acids is 4. The van der Waals surface area contributed by atoms with Crippen molar-refractivity contribution in [1.82, 2.24) is 49.4 Å². The first-order valence-electron chi connectivity index (χ1n) is 21.3. The predicted molar refractivity (Wildman–Crippen MR) is 245 cm³/mol. The molecule has 2 aromatic carbocycles. The van der Waals surface area contributed by atoms with Crippen LogP contribution in [-0.2, 0) is 9.59 Å². The van der Waals surface area contributed by atoms with Gasteiger partial charge in [-0.05, 0) is 85.4 Å². The average Bonchev–Trinajstić information content (AvgIpc) is 3.99. The standard InChI is InChI=1S/C25H22N8O2.C22H18F2N6O2/c1-15-17(11-23(34)28-15)10-18-13-27-33-22(29-19-4-5-19)12-21(30-24(18)33)31-25(35)16-2-6-20(7-3-16)32-9-8-26-14-32;1-11-12(7-20(31)26-11)6-13-10-25-30-19(27-15-3-4-15)9-18(28-21(13)30)29-22(32)16-5-2-14(23)8-17(16)24/h2-3,6-10,12-14,19,29H,1,4-5,11H2,(H,28,34)(H,30,31,35);2,5-6,8-10,15,27H,1,3-4,7H2,(H,26,31)(H,28,29,32)/b17-10+;12-6+. The van der Waals surface area contributed by atoms with Crippen LogP contribution < -0.4 is 31.9 Å². The van der Waals surface area contributed by atoms with Gasteiger partial charge in [-0.25, -0.2) is 23.7 Å². The summed E-state index contributed by atoms with van der Waals surface area (Å²) in [4.78, 5) is 62.1. The topological polar surface area (TPSA) is 219 Å². The predicted octanol–water partition coefficient (Wildman–Crippen LogP) is 6.41. The second-order valence-electron chi connectivity index (χ2n) is 16.4. The zero-order chi connectivity index (χ0) is 46.3. The Labute approximate surface area is 379 Å². The van der Waals surface area contributed by atoms with Crippen LogP contribution >= 0.6 is 0 Å². The fourth-order valence-electron chi connectivity index (χ4n) is 7.41. The van der Waals surface area contributed by atoms with Crippen molar-refractivity contribution in [2.24, 2.45) is 0 Å². The number of hydrogen-bond acceptors (Lipinski definition) is 11. The molecule has 67 heavy (non-hydrogen) atoms. The van der Waals surface area contributed by atoms with Crippen LogP contribution in [0.15, 0.2) is 121 Å². The molecule has 18 nitrogen and oxygen atoms in total. The van der Waals surface area contributed by atoms with Gasteiger partial charge in [-0.2, -0.15) is 19.2 Å². The van der Waals surface area contributed by atoms with Gasteiger partial charge >= 0.3 is 0 Å². The van der Waals surface area contributed by atoms with Gasteiger partial charge in [0.05, 0.1) is 37.1 Å². The zero-order valence-corrected chi connectivity index (χ0v) is 35.5. The lowest BCUT2D eigenvalue weighted by molar-refractivity contribution is -0.119. The molecule has 0 unspecified atom stereocenters. The number of nitrogens with one attached hydrogen (secondary N) is 6. The van der Waals surface area contributed by atoms with Crippen molar-refractivity contribution < 1.29 is 28.0 Å². The molecule has 0 radical (unpaired) electrons. The summed E-state index contributed by atoms with van der Waals surface area (Å²) < 4.78 is 32.4. The largest absolute Gasteiger partial charge is 0.367 e. The van der Waals surface area contributed by atoms with Crippen LogP contribution in [-0.4, -0.2) is 74.5 Å². The number of anilines is 4. The number of aromatic nitrogens is 8. The normalized spacial score (nSPS) is 16.9. The number of hydrogen-bond donors (Lipinski definition) is 6. The summed E-state index contributed by atoms with van der Waals surface area (Å²) >= 11 is 0. The highest BCUT2D eigenvalue weighted by atomic mass is 19.1. The fraction of sp³-hybridized carbons (Fsp3) is 0.170. The Bertz CT molecular complexity index is 3250. The lowest BCUT2D eigenvalue weighted by Crippen LogP contribution is -2.16. The fourth-order valence-corrected chi connectivity index (χ4v) is 7.41. The summed E-state index contributed by atoms with van der Waals surface area (Å²) in [5.74, 6) is -1.06. The van der Waals surface area contributed by atoms with Gasteiger partial charge in [0.25, 0.3) is 11.8 Å². The molecular formula is C47H40F2N14O4. The van der Waals surface area contributed by atoms with Crippen molar-refractivity contribution in [3.05, 3.63) is 155 Å². The van der Waals surface area contributed by atoms with Crippen LogP contribution in [0.5, 0.6) is 0 Å². The van der Waals surface area contributed by atoms with E-state index in [0.717, 1.165) is 60.5 Å². The van der Waals surface area contributed by atoms with Crippen LogP contribution in [0.4, 0.5) is 32.1 Å². The van der Waals surface area contributed by atoms with Crippen LogP contribution in [0.1, 0.15) is 70.4 Å². The van der Waals surface area contributed by atoms with Gasteiger partial charge in [-0.3, -0.25) is 19.2 Å². The van der Waals surface area contributed by atoms with E-state index in [1.165, 1.54) is 0 Å². The van der Waals surface area contributed by atoms with Gasteiger partial charge in [0, 0.05) is 76.4 Å². The van der Waals surface area contributed by atoms with E-state index in [0.29, 0.717) is 69.2 Å². The Kier molecular flexibility index (Phi) is 10.9. The van der Waals surface area contributed by atoms with Crippen molar-refractivity contribution in [3.63, 3.8) is 0 Å². The van der Waals surface area contributed by atoms with Gasteiger partial charge in [0.15, 0.2) is 11.3 Å². The van der Waals surface area contributed by atoms with Gasteiger partial charge in [0.1, 0.15) is 34.9 Å². The van der Waals surface area contributed by atoms with Gasteiger partial charge in [-0.1, -0.05) is 13.2 Å². The quantitative estimate of drug-likeness (QED) is 0.0834. The number of nitrogens with zero attached hydrogens (tertiary/aromatic N) is 8. The van der Waals surface area contributed by atoms with E-state index in [-0.39, 0.29) is 41.9 Å². The molecule has 6 N–H and O–H groups in total. The molecule has 20 heteroatoms. The second-order valence-corrected chi connectivity index (χ2v) is 16.4. The molecule has 5 aromatic heterocycles. The number of fused-ring (bicyclic) bond motifs is 2. The molecule has 2 aliphatic carbocycles. The minimum absolute atomic E-state index is 0.0891. The minimum Gasteiger partial charge on any atom is -0.367 e. The molecule has 4 amide bonds. The minimum atomic E-state index is -0.966. The highest BCUT2D eigenvalue weighted by molar-refractivity contribution is 6.05. The molecule has 336 valence electrons. The maximum absolute atomic E-state index is 14.0. The number of benzene rings is 2. The Morgan fingerprint density at radius 2 is 1.25 bits per heavy atom. The van der Waals surface area contributed by atoms with E-state index in [1.54, 1.807) is 64.3 Å². The summed E-state index contributed by atoms with van der Waals surface area (Å²) in [6.45, 7) is 7.74. The Morgan fingerprint density at radius 3 is 1.72 bits per heavy atom. The van der Waals surface area contributed by atoms with Crippen LogP contribution in [0.2, 0.25) is 0 Å². The van der Waals surface area contributed by atoms with E-state index in [9.17, 15) is 28.0 Å². The molecule has 2 saturated heterocycles. The van der Waals surface area contributed by atoms with E-state index < -0.39 is 17.5 Å². The lowest BCUT2D eigenvalue weighted by Gasteiger charge is -2.11. The highest BCUT2D eigenvalue weighted by Gasteiger charge is 2.26. The van der Waals surface area contributed by atoms with Gasteiger partial charge in [0.2, 0.25) is 11.8 Å². The molecule has 0 spiro atoms. The van der Waals surface area contributed by atoms with Crippen molar-refractivity contribution >= 4 is 70.3 Å². The number of rotatable bonds is 11. The molecular weight excluding hydrogens is 863 g/mol. The first kappa shape index (κ1) is 42.2. The maximum Gasteiger partial charge on any atom is 0.259 e. The molecule has 2 saturated carbocycles. The summed E-state index contributed by atoms with van der Waals surface area (Å²) in [7, 11) is 0. The molecule has 7 heterocycles. The van der Waals surface area contributed by atoms with Gasteiger partial charge < -0.3 is 36.5 Å². The van der Waals surface area contributed by atoms with E-state index in [4.69, 9.17) is 0 Å². The van der Waals surface area contributed by atoms with E-state index >= 15 is 0 Å². The SMILES string of the molecule is C=C1NC(=O)C/C1=C\c1cnn2c(NC3CC3)cc(NC(=O)c3ccc(-n4ccnc4)cc3)nc12.C=C1NC(=O)C/C1=C\c1cnn2c(NC3CC3)cc(NC(=O)c3ccc(F)cc3F)nc12. The molecule has 4 fully saturated rings.